The van der Waals surface area contributed by atoms with Crippen molar-refractivity contribution >= 4 is 11.6 Å². The smallest absolute Gasteiger partial charge is 0.212 e. The summed E-state index contributed by atoms with van der Waals surface area (Å²) in [6.45, 7) is 3.64. The van der Waals surface area contributed by atoms with Gasteiger partial charge in [-0.1, -0.05) is 13.0 Å². The number of rotatable bonds is 7. The van der Waals surface area contributed by atoms with Crippen molar-refractivity contribution in [1.29, 1.82) is 0 Å². The Balaban J connectivity index is 1.92. The van der Waals surface area contributed by atoms with Gasteiger partial charge in [-0.25, -0.2) is 9.97 Å². The minimum atomic E-state index is 0.610. The Hall–Kier alpha value is -2.37. The van der Waals surface area contributed by atoms with Gasteiger partial charge in [-0.15, -0.1) is 0 Å². The summed E-state index contributed by atoms with van der Waals surface area (Å²) in [4.78, 5) is 12.7. The maximum atomic E-state index is 5.02. The van der Waals surface area contributed by atoms with E-state index in [9.17, 15) is 0 Å². The summed E-state index contributed by atoms with van der Waals surface area (Å²) in [5.74, 6) is 2.13. The predicted molar refractivity (Wildman–Crippen MR) is 78.9 cm³/mol. The number of hydrogen-bond donors (Lipinski definition) is 2. The van der Waals surface area contributed by atoms with Crippen LogP contribution in [0.3, 0.4) is 0 Å². The van der Waals surface area contributed by atoms with E-state index in [4.69, 9.17) is 4.74 Å². The Morgan fingerprint density at radius 1 is 1.10 bits per heavy atom. The molecule has 0 atom stereocenters. The van der Waals surface area contributed by atoms with Crippen molar-refractivity contribution in [2.24, 2.45) is 0 Å². The van der Waals surface area contributed by atoms with Crippen LogP contribution in [0.1, 0.15) is 18.9 Å². The van der Waals surface area contributed by atoms with Crippen LogP contribution in [-0.4, -0.2) is 28.6 Å². The number of pyridine rings is 1. The third kappa shape index (κ3) is 4.08. The van der Waals surface area contributed by atoms with Crippen LogP contribution in [0.5, 0.6) is 5.88 Å². The topological polar surface area (TPSA) is 72.0 Å². The lowest BCUT2D eigenvalue weighted by Gasteiger charge is -2.08. The van der Waals surface area contributed by atoms with Crippen molar-refractivity contribution in [3.63, 3.8) is 0 Å². The van der Waals surface area contributed by atoms with Gasteiger partial charge in [0.1, 0.15) is 11.6 Å². The highest BCUT2D eigenvalue weighted by molar-refractivity contribution is 5.41. The monoisotopic (exact) mass is 273 g/mol. The average molecular weight is 273 g/mol. The molecule has 0 aliphatic carbocycles. The number of nitrogens with zero attached hydrogens (tertiary/aromatic N) is 3. The Morgan fingerprint density at radius 3 is 2.55 bits per heavy atom. The Labute approximate surface area is 118 Å². The standard InChI is InChI=1S/C14H19N5O/c1-3-6-16-12-9-15-10-13(19-12)17-7-11-4-5-14(20-2)18-8-11/h4-5,8-10H,3,6-7H2,1-2H3,(H2,16,17,19). The number of hydrogen-bond acceptors (Lipinski definition) is 6. The number of methoxy groups -OCH3 is 1. The van der Waals surface area contributed by atoms with Crippen LogP contribution in [0.25, 0.3) is 0 Å². The van der Waals surface area contributed by atoms with Crippen LogP contribution < -0.4 is 15.4 Å². The number of ether oxygens (including phenoxy) is 1. The molecular formula is C14H19N5O. The molecular weight excluding hydrogens is 254 g/mol. The second-order valence-electron chi connectivity index (χ2n) is 4.28. The van der Waals surface area contributed by atoms with E-state index in [-0.39, 0.29) is 0 Å². The number of aromatic nitrogens is 3. The lowest BCUT2D eigenvalue weighted by Crippen LogP contribution is -2.06. The molecule has 2 heterocycles. The normalized spacial score (nSPS) is 10.1. The van der Waals surface area contributed by atoms with Crippen LogP contribution in [0.4, 0.5) is 11.6 Å². The molecule has 20 heavy (non-hydrogen) atoms. The summed E-state index contributed by atoms with van der Waals surface area (Å²) in [7, 11) is 1.60. The molecule has 6 heteroatoms. The van der Waals surface area contributed by atoms with Gasteiger partial charge in [-0.3, -0.25) is 4.98 Å². The van der Waals surface area contributed by atoms with Gasteiger partial charge in [0.15, 0.2) is 0 Å². The molecule has 0 saturated carbocycles. The van der Waals surface area contributed by atoms with Crippen LogP contribution in [0.2, 0.25) is 0 Å². The fourth-order valence-electron chi connectivity index (χ4n) is 1.62. The van der Waals surface area contributed by atoms with E-state index in [1.807, 2.05) is 12.1 Å². The Bertz CT molecular complexity index is 529. The van der Waals surface area contributed by atoms with Crippen molar-refractivity contribution in [2.45, 2.75) is 19.9 Å². The van der Waals surface area contributed by atoms with Crippen LogP contribution >= 0.6 is 0 Å². The van der Waals surface area contributed by atoms with Crippen molar-refractivity contribution < 1.29 is 4.74 Å². The maximum Gasteiger partial charge on any atom is 0.212 e. The summed E-state index contributed by atoms with van der Waals surface area (Å²) in [6.07, 6.45) is 6.25. The highest BCUT2D eigenvalue weighted by Gasteiger charge is 1.99. The van der Waals surface area contributed by atoms with Gasteiger partial charge in [-0.05, 0) is 12.0 Å². The lowest BCUT2D eigenvalue weighted by molar-refractivity contribution is 0.397. The van der Waals surface area contributed by atoms with E-state index < -0.39 is 0 Å². The largest absolute Gasteiger partial charge is 0.481 e. The van der Waals surface area contributed by atoms with Crippen molar-refractivity contribution in [1.82, 2.24) is 15.0 Å². The van der Waals surface area contributed by atoms with Gasteiger partial charge >= 0.3 is 0 Å². The highest BCUT2D eigenvalue weighted by atomic mass is 16.5. The quantitative estimate of drug-likeness (QED) is 0.806. The highest BCUT2D eigenvalue weighted by Crippen LogP contribution is 2.10. The van der Waals surface area contributed by atoms with Crippen molar-refractivity contribution in [3.8, 4) is 5.88 Å². The van der Waals surface area contributed by atoms with Gasteiger partial charge in [0.05, 0.1) is 19.5 Å². The molecule has 2 N–H and O–H groups in total. The Kier molecular flexibility index (Phi) is 5.11. The van der Waals surface area contributed by atoms with E-state index in [1.165, 1.54) is 0 Å². The molecule has 0 radical (unpaired) electrons. The SMILES string of the molecule is CCCNc1cncc(NCc2ccc(OC)nc2)n1. The van der Waals surface area contributed by atoms with Gasteiger partial charge in [-0.2, -0.15) is 0 Å². The van der Waals surface area contributed by atoms with Gasteiger partial charge in [0, 0.05) is 25.4 Å². The summed E-state index contributed by atoms with van der Waals surface area (Å²) in [5.41, 5.74) is 1.06. The molecule has 6 nitrogen and oxygen atoms in total. The zero-order chi connectivity index (χ0) is 14.2. The minimum absolute atomic E-state index is 0.610. The number of anilines is 2. The number of nitrogens with one attached hydrogen (secondary N) is 2. The summed E-state index contributed by atoms with van der Waals surface area (Å²) in [5, 5.41) is 6.43. The van der Waals surface area contributed by atoms with Gasteiger partial charge in [0.25, 0.3) is 0 Å². The zero-order valence-electron chi connectivity index (χ0n) is 11.8. The van der Waals surface area contributed by atoms with E-state index >= 15 is 0 Å². The first kappa shape index (κ1) is 14.0. The molecule has 0 saturated heterocycles. The molecule has 0 aliphatic heterocycles. The van der Waals surface area contributed by atoms with Crippen molar-refractivity contribution in [2.75, 3.05) is 24.3 Å². The second kappa shape index (κ2) is 7.28. The first-order valence-electron chi connectivity index (χ1n) is 6.60. The second-order valence-corrected chi connectivity index (χ2v) is 4.28. The first-order valence-corrected chi connectivity index (χ1v) is 6.60. The van der Waals surface area contributed by atoms with Gasteiger partial charge in [0.2, 0.25) is 5.88 Å². The van der Waals surface area contributed by atoms with E-state index in [1.54, 1.807) is 25.7 Å². The first-order chi connectivity index (χ1) is 9.81. The van der Waals surface area contributed by atoms with E-state index in [2.05, 4.69) is 32.5 Å². The molecule has 0 aromatic carbocycles. The van der Waals surface area contributed by atoms with Crippen molar-refractivity contribution in [3.05, 3.63) is 36.3 Å². The van der Waals surface area contributed by atoms with Gasteiger partial charge < -0.3 is 15.4 Å². The Morgan fingerprint density at radius 2 is 1.90 bits per heavy atom. The molecule has 2 aromatic heterocycles. The molecule has 0 bridgehead atoms. The molecule has 0 amide bonds. The van der Waals surface area contributed by atoms with Crippen LogP contribution in [0.15, 0.2) is 30.7 Å². The lowest BCUT2D eigenvalue weighted by atomic mass is 10.3. The minimum Gasteiger partial charge on any atom is -0.481 e. The summed E-state index contributed by atoms with van der Waals surface area (Å²) < 4.78 is 5.02. The molecule has 2 aromatic rings. The van der Waals surface area contributed by atoms with E-state index in [0.717, 1.165) is 30.2 Å². The third-order valence-corrected chi connectivity index (χ3v) is 2.67. The fraction of sp³-hybridized carbons (Fsp3) is 0.357. The maximum absolute atomic E-state index is 5.02. The van der Waals surface area contributed by atoms with Crippen LogP contribution in [-0.2, 0) is 6.54 Å². The molecule has 2 rings (SSSR count). The average Bonchev–Trinajstić information content (AvgIpc) is 2.52. The molecule has 0 fully saturated rings. The third-order valence-electron chi connectivity index (χ3n) is 2.67. The summed E-state index contributed by atoms with van der Waals surface area (Å²) >= 11 is 0. The molecule has 0 spiro atoms. The zero-order valence-corrected chi connectivity index (χ0v) is 11.8. The fourth-order valence-corrected chi connectivity index (χ4v) is 1.62. The van der Waals surface area contributed by atoms with Crippen LogP contribution in [0, 0.1) is 0 Å². The predicted octanol–water partition coefficient (Wildman–Crippen LogP) is 2.31. The summed E-state index contributed by atoms with van der Waals surface area (Å²) in [6, 6.07) is 3.80. The molecule has 0 unspecified atom stereocenters. The van der Waals surface area contributed by atoms with E-state index in [0.29, 0.717) is 12.4 Å². The molecule has 106 valence electrons. The molecule has 0 aliphatic rings.